The fraction of sp³-hybridized carbons (Fsp3) is 0.286. The van der Waals surface area contributed by atoms with Crippen molar-refractivity contribution >= 4 is 16.8 Å². The van der Waals surface area contributed by atoms with E-state index in [2.05, 4.69) is 10.3 Å². The van der Waals surface area contributed by atoms with Gasteiger partial charge in [0.1, 0.15) is 5.69 Å². The lowest BCUT2D eigenvalue weighted by molar-refractivity contribution is 0.0910. The van der Waals surface area contributed by atoms with Crippen LogP contribution in [0.4, 0.5) is 0 Å². The first-order chi connectivity index (χ1) is 8.74. The van der Waals surface area contributed by atoms with Gasteiger partial charge in [0.05, 0.1) is 18.2 Å². The molecule has 0 spiro atoms. The highest BCUT2D eigenvalue weighted by Crippen LogP contribution is 2.11. The van der Waals surface area contributed by atoms with Gasteiger partial charge < -0.3 is 10.4 Å². The van der Waals surface area contributed by atoms with Gasteiger partial charge in [-0.05, 0) is 18.6 Å². The van der Waals surface area contributed by atoms with Gasteiger partial charge in [-0.25, -0.2) is 4.98 Å². The number of carbonyl (C=O) groups is 1. The molecule has 0 fully saturated rings. The van der Waals surface area contributed by atoms with Crippen LogP contribution in [0.3, 0.4) is 0 Å². The number of nitrogens with one attached hydrogen (secondary N) is 1. The van der Waals surface area contributed by atoms with Gasteiger partial charge in [0.15, 0.2) is 0 Å². The summed E-state index contributed by atoms with van der Waals surface area (Å²) in [5.74, 6) is -0.248. The van der Waals surface area contributed by atoms with Gasteiger partial charge in [-0.15, -0.1) is 0 Å². The Labute approximate surface area is 106 Å². The summed E-state index contributed by atoms with van der Waals surface area (Å²) in [6.07, 6.45) is 0.690. The van der Waals surface area contributed by atoms with Crippen LogP contribution in [0.2, 0.25) is 0 Å². The summed E-state index contributed by atoms with van der Waals surface area (Å²) in [5.41, 5.74) is 1.17. The Morgan fingerprint density at radius 2 is 2.11 bits per heavy atom. The lowest BCUT2D eigenvalue weighted by atomic mass is 10.2. The van der Waals surface area contributed by atoms with Gasteiger partial charge in [0, 0.05) is 5.39 Å². The van der Waals surface area contributed by atoms with Gasteiger partial charge in [-0.1, -0.05) is 31.2 Å². The Balaban J connectivity index is 2.22. The summed E-state index contributed by atoms with van der Waals surface area (Å²) < 4.78 is 0. The quantitative estimate of drug-likeness (QED) is 0.861. The number of hydrogen-bond donors (Lipinski definition) is 2. The summed E-state index contributed by atoms with van der Waals surface area (Å²) in [6, 6.07) is 11.0. The van der Waals surface area contributed by atoms with Crippen molar-refractivity contribution in [2.75, 3.05) is 6.61 Å². The molecule has 0 radical (unpaired) electrons. The largest absolute Gasteiger partial charge is 0.394 e. The number of amides is 1. The number of aliphatic hydroxyl groups excluding tert-OH is 1. The number of aromatic nitrogens is 1. The van der Waals surface area contributed by atoms with Crippen LogP contribution in [0.25, 0.3) is 10.9 Å². The van der Waals surface area contributed by atoms with Gasteiger partial charge >= 0.3 is 0 Å². The second kappa shape index (κ2) is 5.60. The zero-order valence-electron chi connectivity index (χ0n) is 10.3. The van der Waals surface area contributed by atoms with Crippen LogP contribution >= 0.6 is 0 Å². The summed E-state index contributed by atoms with van der Waals surface area (Å²) in [7, 11) is 0. The molecule has 1 aromatic heterocycles. The number of rotatable bonds is 4. The van der Waals surface area contributed by atoms with Crippen molar-refractivity contribution in [2.45, 2.75) is 19.4 Å². The molecule has 1 amide bonds. The Morgan fingerprint density at radius 1 is 1.33 bits per heavy atom. The number of para-hydroxylation sites is 1. The molecule has 0 unspecified atom stereocenters. The van der Waals surface area contributed by atoms with Crippen LogP contribution < -0.4 is 5.32 Å². The maximum Gasteiger partial charge on any atom is 0.270 e. The smallest absolute Gasteiger partial charge is 0.270 e. The van der Waals surface area contributed by atoms with E-state index in [1.165, 1.54) is 0 Å². The van der Waals surface area contributed by atoms with Gasteiger partial charge in [0.2, 0.25) is 0 Å². The number of benzene rings is 1. The molecule has 2 rings (SSSR count). The van der Waals surface area contributed by atoms with E-state index < -0.39 is 0 Å². The third-order valence-electron chi connectivity index (χ3n) is 2.88. The van der Waals surface area contributed by atoms with Crippen LogP contribution in [0.1, 0.15) is 23.8 Å². The lowest BCUT2D eigenvalue weighted by Crippen LogP contribution is -2.37. The van der Waals surface area contributed by atoms with E-state index in [0.717, 1.165) is 10.9 Å². The first kappa shape index (κ1) is 12.5. The van der Waals surface area contributed by atoms with Crippen LogP contribution in [0, 0.1) is 0 Å². The number of pyridine rings is 1. The molecule has 94 valence electrons. The van der Waals surface area contributed by atoms with Crippen molar-refractivity contribution in [3.63, 3.8) is 0 Å². The standard InChI is InChI=1S/C14H16N2O2/c1-2-11(9-17)15-14(18)13-8-7-10-5-3-4-6-12(10)16-13/h3-8,11,17H,2,9H2,1H3,(H,15,18)/t11-/m1/s1. The summed E-state index contributed by atoms with van der Waals surface area (Å²) in [4.78, 5) is 16.2. The molecule has 2 N–H and O–H groups in total. The third-order valence-corrected chi connectivity index (χ3v) is 2.88. The van der Waals surface area contributed by atoms with Crippen molar-refractivity contribution in [3.8, 4) is 0 Å². The van der Waals surface area contributed by atoms with Crippen molar-refractivity contribution in [2.24, 2.45) is 0 Å². The molecule has 2 aromatic rings. The summed E-state index contributed by atoms with van der Waals surface area (Å²) in [5, 5.41) is 12.8. The Bertz CT molecular complexity index is 550. The fourth-order valence-electron chi connectivity index (χ4n) is 1.73. The second-order valence-corrected chi connectivity index (χ2v) is 4.15. The third kappa shape index (κ3) is 2.65. The summed E-state index contributed by atoms with van der Waals surface area (Å²) in [6.45, 7) is 1.85. The molecule has 1 aromatic carbocycles. The number of aliphatic hydroxyl groups is 1. The number of nitrogens with zero attached hydrogens (tertiary/aromatic N) is 1. The van der Waals surface area contributed by atoms with Gasteiger partial charge in [0.25, 0.3) is 5.91 Å². The van der Waals surface area contributed by atoms with Crippen molar-refractivity contribution < 1.29 is 9.90 Å². The average molecular weight is 244 g/mol. The van der Waals surface area contributed by atoms with Crippen molar-refractivity contribution in [1.82, 2.24) is 10.3 Å². The van der Waals surface area contributed by atoms with E-state index >= 15 is 0 Å². The van der Waals surface area contributed by atoms with E-state index in [0.29, 0.717) is 12.1 Å². The molecule has 0 aliphatic heterocycles. The molecule has 1 atom stereocenters. The van der Waals surface area contributed by atoms with Crippen molar-refractivity contribution in [3.05, 3.63) is 42.1 Å². The Hall–Kier alpha value is -1.94. The molecule has 0 saturated heterocycles. The molecule has 0 saturated carbocycles. The highest BCUT2D eigenvalue weighted by atomic mass is 16.3. The molecular formula is C14H16N2O2. The van der Waals surface area contributed by atoms with Crippen LogP contribution in [0.15, 0.2) is 36.4 Å². The lowest BCUT2D eigenvalue weighted by Gasteiger charge is -2.13. The average Bonchev–Trinajstić information content (AvgIpc) is 2.44. The Kier molecular flexibility index (Phi) is 3.89. The topological polar surface area (TPSA) is 62.2 Å². The highest BCUT2D eigenvalue weighted by Gasteiger charge is 2.12. The zero-order valence-corrected chi connectivity index (χ0v) is 10.3. The van der Waals surface area contributed by atoms with E-state index in [-0.39, 0.29) is 18.6 Å². The SMILES string of the molecule is CC[C@H](CO)NC(=O)c1ccc2ccccc2n1. The molecule has 4 nitrogen and oxygen atoms in total. The molecule has 18 heavy (non-hydrogen) atoms. The van der Waals surface area contributed by atoms with Gasteiger partial charge in [-0.3, -0.25) is 4.79 Å². The first-order valence-corrected chi connectivity index (χ1v) is 6.02. The van der Waals surface area contributed by atoms with E-state index in [4.69, 9.17) is 5.11 Å². The minimum absolute atomic E-state index is 0.0597. The van der Waals surface area contributed by atoms with E-state index in [1.807, 2.05) is 37.3 Å². The molecule has 0 aliphatic carbocycles. The molecule has 1 heterocycles. The minimum Gasteiger partial charge on any atom is -0.394 e. The normalized spacial score (nSPS) is 12.3. The monoisotopic (exact) mass is 244 g/mol. The summed E-state index contributed by atoms with van der Waals surface area (Å²) >= 11 is 0. The number of carbonyl (C=O) groups excluding carboxylic acids is 1. The molecular weight excluding hydrogens is 228 g/mol. The highest BCUT2D eigenvalue weighted by molar-refractivity contribution is 5.95. The Morgan fingerprint density at radius 3 is 2.83 bits per heavy atom. The molecule has 4 heteroatoms. The van der Waals surface area contributed by atoms with E-state index in [9.17, 15) is 4.79 Å². The van der Waals surface area contributed by atoms with Crippen LogP contribution in [-0.4, -0.2) is 28.6 Å². The maximum atomic E-state index is 11.9. The van der Waals surface area contributed by atoms with E-state index in [1.54, 1.807) is 6.07 Å². The minimum atomic E-state index is -0.248. The molecule has 0 aliphatic rings. The van der Waals surface area contributed by atoms with Gasteiger partial charge in [-0.2, -0.15) is 0 Å². The predicted octanol–water partition coefficient (Wildman–Crippen LogP) is 1.74. The number of fused-ring (bicyclic) bond motifs is 1. The number of hydrogen-bond acceptors (Lipinski definition) is 3. The first-order valence-electron chi connectivity index (χ1n) is 6.02. The zero-order chi connectivity index (χ0) is 13.0. The molecule has 0 bridgehead atoms. The second-order valence-electron chi connectivity index (χ2n) is 4.15. The van der Waals surface area contributed by atoms with Crippen LogP contribution in [0.5, 0.6) is 0 Å². The fourth-order valence-corrected chi connectivity index (χ4v) is 1.73. The predicted molar refractivity (Wildman–Crippen MR) is 70.4 cm³/mol. The van der Waals surface area contributed by atoms with Crippen molar-refractivity contribution in [1.29, 1.82) is 0 Å². The maximum absolute atomic E-state index is 11.9. The van der Waals surface area contributed by atoms with Crippen LogP contribution in [-0.2, 0) is 0 Å².